The van der Waals surface area contributed by atoms with Gasteiger partial charge in [0.05, 0.1) is 0 Å². The molecule has 0 radical (unpaired) electrons. The van der Waals surface area contributed by atoms with E-state index in [0.717, 1.165) is 6.07 Å². The van der Waals surface area contributed by atoms with Gasteiger partial charge in [-0.1, -0.05) is 0 Å². The van der Waals surface area contributed by atoms with Crippen LogP contribution in [0.3, 0.4) is 0 Å². The lowest BCUT2D eigenvalue weighted by Crippen LogP contribution is -2.13. The SMILES string of the molecule is NC(=O)OCc1cc(F)cc(F)c1F. The first kappa shape index (κ1) is 10.4. The normalized spacial score (nSPS) is 9.93. The van der Waals surface area contributed by atoms with Gasteiger partial charge in [0.25, 0.3) is 0 Å². The van der Waals surface area contributed by atoms with E-state index >= 15 is 0 Å². The molecule has 76 valence electrons. The van der Waals surface area contributed by atoms with Gasteiger partial charge >= 0.3 is 6.09 Å². The number of carbonyl (C=O) groups is 1. The largest absolute Gasteiger partial charge is 0.445 e. The Balaban J connectivity index is 2.90. The maximum atomic E-state index is 12.9. The molecule has 0 aliphatic carbocycles. The second-order valence-corrected chi connectivity index (χ2v) is 2.47. The van der Waals surface area contributed by atoms with Gasteiger partial charge in [-0.15, -0.1) is 0 Å². The lowest BCUT2D eigenvalue weighted by Gasteiger charge is -2.04. The average molecular weight is 205 g/mol. The van der Waals surface area contributed by atoms with Crippen LogP contribution in [0.1, 0.15) is 5.56 Å². The van der Waals surface area contributed by atoms with Crippen molar-refractivity contribution in [2.24, 2.45) is 5.73 Å². The molecule has 2 N–H and O–H groups in total. The van der Waals surface area contributed by atoms with E-state index in [-0.39, 0.29) is 0 Å². The Morgan fingerprint density at radius 3 is 2.57 bits per heavy atom. The monoisotopic (exact) mass is 205 g/mol. The van der Waals surface area contributed by atoms with Crippen molar-refractivity contribution < 1.29 is 22.7 Å². The number of primary amides is 1. The number of halogens is 3. The molecule has 1 aromatic rings. The molecule has 1 amide bonds. The molecule has 1 rings (SSSR count). The van der Waals surface area contributed by atoms with Crippen LogP contribution in [0.5, 0.6) is 0 Å². The lowest BCUT2D eigenvalue weighted by atomic mass is 10.2. The van der Waals surface area contributed by atoms with Gasteiger partial charge in [0.2, 0.25) is 0 Å². The van der Waals surface area contributed by atoms with Crippen LogP contribution < -0.4 is 5.73 Å². The smallest absolute Gasteiger partial charge is 0.404 e. The van der Waals surface area contributed by atoms with Gasteiger partial charge in [0.1, 0.15) is 12.4 Å². The third-order valence-electron chi connectivity index (χ3n) is 1.44. The molecule has 3 nitrogen and oxygen atoms in total. The van der Waals surface area contributed by atoms with Crippen molar-refractivity contribution in [1.82, 2.24) is 0 Å². The van der Waals surface area contributed by atoms with Crippen LogP contribution in [0.25, 0.3) is 0 Å². The Bertz CT molecular complexity index is 368. The number of amides is 1. The van der Waals surface area contributed by atoms with Crippen molar-refractivity contribution >= 4 is 6.09 Å². The third-order valence-corrected chi connectivity index (χ3v) is 1.44. The van der Waals surface area contributed by atoms with Crippen molar-refractivity contribution in [2.75, 3.05) is 0 Å². The number of nitrogens with two attached hydrogens (primary N) is 1. The lowest BCUT2D eigenvalue weighted by molar-refractivity contribution is 0.148. The fourth-order valence-electron chi connectivity index (χ4n) is 0.863. The van der Waals surface area contributed by atoms with Crippen LogP contribution in [-0.4, -0.2) is 6.09 Å². The molecule has 14 heavy (non-hydrogen) atoms. The summed E-state index contributed by atoms with van der Waals surface area (Å²) in [7, 11) is 0. The molecule has 0 unspecified atom stereocenters. The molecule has 0 aromatic heterocycles. The van der Waals surface area contributed by atoms with Gasteiger partial charge in [-0.2, -0.15) is 0 Å². The molecular weight excluding hydrogens is 199 g/mol. The van der Waals surface area contributed by atoms with E-state index in [4.69, 9.17) is 0 Å². The Morgan fingerprint density at radius 1 is 1.36 bits per heavy atom. The summed E-state index contributed by atoms with van der Waals surface area (Å²) in [5.74, 6) is -3.55. The highest BCUT2D eigenvalue weighted by atomic mass is 19.2. The quantitative estimate of drug-likeness (QED) is 0.747. The number of rotatable bonds is 2. The van der Waals surface area contributed by atoms with Crippen LogP contribution in [0.2, 0.25) is 0 Å². The van der Waals surface area contributed by atoms with Gasteiger partial charge in [-0.25, -0.2) is 18.0 Å². The van der Waals surface area contributed by atoms with Crippen molar-refractivity contribution in [2.45, 2.75) is 6.61 Å². The van der Waals surface area contributed by atoms with E-state index in [1.165, 1.54) is 0 Å². The number of carbonyl (C=O) groups excluding carboxylic acids is 1. The number of hydrogen-bond donors (Lipinski definition) is 1. The highest BCUT2D eigenvalue weighted by Crippen LogP contribution is 2.14. The minimum Gasteiger partial charge on any atom is -0.445 e. The van der Waals surface area contributed by atoms with Crippen LogP contribution in [0, 0.1) is 17.5 Å². The first-order valence-electron chi connectivity index (χ1n) is 3.56. The minimum atomic E-state index is -1.34. The standard InChI is InChI=1S/C8H6F3NO2/c9-5-1-4(3-14-8(12)13)7(11)6(10)2-5/h1-2H,3H2,(H2,12,13). The average Bonchev–Trinajstić information content (AvgIpc) is 2.08. The summed E-state index contributed by atoms with van der Waals surface area (Å²) in [4.78, 5) is 10.1. The van der Waals surface area contributed by atoms with Crippen molar-refractivity contribution in [3.05, 3.63) is 35.1 Å². The van der Waals surface area contributed by atoms with Gasteiger partial charge in [-0.3, -0.25) is 0 Å². The van der Waals surface area contributed by atoms with Crippen molar-refractivity contribution in [3.8, 4) is 0 Å². The first-order valence-corrected chi connectivity index (χ1v) is 3.56. The second kappa shape index (κ2) is 3.99. The summed E-state index contributed by atoms with van der Waals surface area (Å²) >= 11 is 0. The van der Waals surface area contributed by atoms with Crippen LogP contribution in [-0.2, 0) is 11.3 Å². The third kappa shape index (κ3) is 2.38. The molecule has 0 spiro atoms. The number of ether oxygens (including phenoxy) is 1. The summed E-state index contributed by atoms with van der Waals surface area (Å²) < 4.78 is 42.2. The van der Waals surface area contributed by atoms with Crippen LogP contribution >= 0.6 is 0 Å². The summed E-state index contributed by atoms with van der Waals surface area (Å²) in [6.45, 7) is -0.601. The van der Waals surface area contributed by atoms with E-state index < -0.39 is 35.7 Å². The molecule has 0 fully saturated rings. The van der Waals surface area contributed by atoms with E-state index in [1.54, 1.807) is 0 Å². The summed E-state index contributed by atoms with van der Waals surface area (Å²) in [5.41, 5.74) is 4.19. The Kier molecular flexibility index (Phi) is 2.95. The predicted octanol–water partition coefficient (Wildman–Crippen LogP) is 1.70. The molecule has 6 heteroatoms. The fourth-order valence-corrected chi connectivity index (χ4v) is 0.863. The molecular formula is C8H6F3NO2. The van der Waals surface area contributed by atoms with Gasteiger partial charge < -0.3 is 10.5 Å². The summed E-state index contributed by atoms with van der Waals surface area (Å²) in [5, 5.41) is 0. The Labute approximate surface area is 77.3 Å². The maximum absolute atomic E-state index is 12.9. The Morgan fingerprint density at radius 2 is 2.00 bits per heavy atom. The van der Waals surface area contributed by atoms with Crippen molar-refractivity contribution in [1.29, 1.82) is 0 Å². The molecule has 0 heterocycles. The molecule has 0 aliphatic rings. The molecule has 1 aromatic carbocycles. The molecule has 0 saturated carbocycles. The molecule has 0 saturated heterocycles. The fraction of sp³-hybridized carbons (Fsp3) is 0.125. The molecule has 0 atom stereocenters. The Hall–Kier alpha value is -1.72. The molecule has 0 aliphatic heterocycles. The van der Waals surface area contributed by atoms with E-state index in [0.29, 0.717) is 6.07 Å². The van der Waals surface area contributed by atoms with E-state index in [1.807, 2.05) is 0 Å². The van der Waals surface area contributed by atoms with Crippen LogP contribution in [0.4, 0.5) is 18.0 Å². The molecule has 0 bridgehead atoms. The summed E-state index contributed by atoms with van der Waals surface area (Å²) in [6.07, 6.45) is -1.14. The zero-order valence-electron chi connectivity index (χ0n) is 6.89. The van der Waals surface area contributed by atoms with E-state index in [2.05, 4.69) is 10.5 Å². The van der Waals surface area contributed by atoms with Gasteiger partial charge in [0.15, 0.2) is 11.6 Å². The number of benzene rings is 1. The predicted molar refractivity (Wildman–Crippen MR) is 40.7 cm³/mol. The minimum absolute atomic E-state index is 0.392. The first-order chi connectivity index (χ1) is 6.50. The van der Waals surface area contributed by atoms with Gasteiger partial charge in [-0.05, 0) is 6.07 Å². The topological polar surface area (TPSA) is 52.3 Å². The zero-order valence-corrected chi connectivity index (χ0v) is 6.89. The zero-order chi connectivity index (χ0) is 10.7. The van der Waals surface area contributed by atoms with Gasteiger partial charge in [0, 0.05) is 11.6 Å². The van der Waals surface area contributed by atoms with E-state index in [9.17, 15) is 18.0 Å². The highest BCUT2D eigenvalue weighted by Gasteiger charge is 2.11. The van der Waals surface area contributed by atoms with Crippen LogP contribution in [0.15, 0.2) is 12.1 Å². The highest BCUT2D eigenvalue weighted by molar-refractivity contribution is 5.64. The number of hydrogen-bond acceptors (Lipinski definition) is 2. The summed E-state index contributed by atoms with van der Waals surface area (Å²) in [6, 6.07) is 1.12. The van der Waals surface area contributed by atoms with Crippen molar-refractivity contribution in [3.63, 3.8) is 0 Å². The maximum Gasteiger partial charge on any atom is 0.404 e. The second-order valence-electron chi connectivity index (χ2n) is 2.47.